The summed E-state index contributed by atoms with van der Waals surface area (Å²) >= 11 is 0. The van der Waals surface area contributed by atoms with Crippen molar-refractivity contribution in [2.24, 2.45) is 0 Å². The molecule has 6 nitrogen and oxygen atoms in total. The SMILES string of the molecule is Nc1nc(N)c2c(Oc3ccccc3)cc(Oc3ccccc3)cc2n1. The summed E-state index contributed by atoms with van der Waals surface area (Å²) in [6.07, 6.45) is 0. The number of nitrogens with zero attached hydrogens (tertiary/aromatic N) is 2. The van der Waals surface area contributed by atoms with E-state index in [0.29, 0.717) is 33.9 Å². The van der Waals surface area contributed by atoms with E-state index in [2.05, 4.69) is 9.97 Å². The molecule has 0 saturated heterocycles. The van der Waals surface area contributed by atoms with Gasteiger partial charge in [0.1, 0.15) is 28.8 Å². The number of ether oxygens (including phenoxy) is 2. The largest absolute Gasteiger partial charge is 0.457 e. The molecule has 4 rings (SSSR count). The molecule has 0 aliphatic carbocycles. The number of nitrogens with two attached hydrogens (primary N) is 2. The van der Waals surface area contributed by atoms with Gasteiger partial charge < -0.3 is 20.9 Å². The van der Waals surface area contributed by atoms with E-state index in [4.69, 9.17) is 20.9 Å². The zero-order chi connectivity index (χ0) is 17.9. The van der Waals surface area contributed by atoms with E-state index in [0.717, 1.165) is 0 Å². The number of para-hydroxylation sites is 2. The van der Waals surface area contributed by atoms with Crippen LogP contribution in [0, 0.1) is 0 Å². The van der Waals surface area contributed by atoms with Crippen LogP contribution in [0.5, 0.6) is 23.0 Å². The van der Waals surface area contributed by atoms with Crippen molar-refractivity contribution in [1.82, 2.24) is 9.97 Å². The molecule has 0 radical (unpaired) electrons. The van der Waals surface area contributed by atoms with Crippen LogP contribution in [0.3, 0.4) is 0 Å². The molecule has 0 bridgehead atoms. The van der Waals surface area contributed by atoms with Crippen LogP contribution in [0.25, 0.3) is 10.9 Å². The molecule has 0 amide bonds. The van der Waals surface area contributed by atoms with Crippen molar-refractivity contribution >= 4 is 22.7 Å². The normalized spacial score (nSPS) is 10.6. The Labute approximate surface area is 150 Å². The zero-order valence-electron chi connectivity index (χ0n) is 13.8. The third kappa shape index (κ3) is 3.21. The number of anilines is 2. The van der Waals surface area contributed by atoms with Crippen molar-refractivity contribution in [3.05, 3.63) is 72.8 Å². The summed E-state index contributed by atoms with van der Waals surface area (Å²) in [5.74, 6) is 2.78. The predicted molar refractivity (Wildman–Crippen MR) is 101 cm³/mol. The van der Waals surface area contributed by atoms with Crippen LogP contribution >= 0.6 is 0 Å². The summed E-state index contributed by atoms with van der Waals surface area (Å²) < 4.78 is 11.9. The maximum absolute atomic E-state index is 6.06. The minimum Gasteiger partial charge on any atom is -0.457 e. The number of benzene rings is 3. The molecule has 0 saturated carbocycles. The van der Waals surface area contributed by atoms with Gasteiger partial charge in [0, 0.05) is 12.1 Å². The lowest BCUT2D eigenvalue weighted by molar-refractivity contribution is 0.464. The molecule has 1 heterocycles. The quantitative estimate of drug-likeness (QED) is 0.570. The minimum atomic E-state index is 0.0949. The molecule has 0 fully saturated rings. The Morgan fingerprint density at radius 2 is 1.27 bits per heavy atom. The van der Waals surface area contributed by atoms with Gasteiger partial charge in [0.15, 0.2) is 0 Å². The molecular formula is C20H16N4O2. The third-order valence-corrected chi connectivity index (χ3v) is 3.73. The number of hydrogen-bond donors (Lipinski definition) is 2. The molecule has 0 unspecified atom stereocenters. The zero-order valence-corrected chi connectivity index (χ0v) is 13.8. The Hall–Kier alpha value is -3.80. The Balaban J connectivity index is 1.84. The average Bonchev–Trinajstić information content (AvgIpc) is 2.62. The van der Waals surface area contributed by atoms with Crippen LogP contribution in [0.2, 0.25) is 0 Å². The standard InChI is InChI=1S/C20H16N4O2/c21-19-18-16(23-20(22)24-19)11-15(25-13-7-3-1-4-8-13)12-17(18)26-14-9-5-2-6-10-14/h1-12H,(H4,21,22,23,24). The highest BCUT2D eigenvalue weighted by atomic mass is 16.5. The minimum absolute atomic E-state index is 0.0949. The van der Waals surface area contributed by atoms with E-state index in [-0.39, 0.29) is 11.8 Å². The van der Waals surface area contributed by atoms with E-state index in [1.807, 2.05) is 60.7 Å². The van der Waals surface area contributed by atoms with E-state index >= 15 is 0 Å². The monoisotopic (exact) mass is 344 g/mol. The first-order chi connectivity index (χ1) is 12.7. The molecule has 0 atom stereocenters. The molecule has 6 heteroatoms. The lowest BCUT2D eigenvalue weighted by atomic mass is 10.2. The first kappa shape index (κ1) is 15.7. The van der Waals surface area contributed by atoms with Crippen LogP contribution in [0.4, 0.5) is 11.8 Å². The molecule has 26 heavy (non-hydrogen) atoms. The molecule has 4 aromatic rings. The van der Waals surface area contributed by atoms with Crippen molar-refractivity contribution in [2.75, 3.05) is 11.5 Å². The van der Waals surface area contributed by atoms with Gasteiger partial charge in [-0.15, -0.1) is 0 Å². The fourth-order valence-electron chi connectivity index (χ4n) is 2.63. The van der Waals surface area contributed by atoms with Gasteiger partial charge in [-0.25, -0.2) is 4.98 Å². The second-order valence-electron chi connectivity index (χ2n) is 5.61. The van der Waals surface area contributed by atoms with Crippen LogP contribution in [0.1, 0.15) is 0 Å². The number of nitrogen functional groups attached to an aromatic ring is 2. The molecule has 3 aromatic carbocycles. The van der Waals surface area contributed by atoms with Gasteiger partial charge in [-0.3, -0.25) is 0 Å². The van der Waals surface area contributed by atoms with Crippen molar-refractivity contribution < 1.29 is 9.47 Å². The summed E-state index contributed by atoms with van der Waals surface area (Å²) in [4.78, 5) is 8.31. The number of fused-ring (bicyclic) bond motifs is 1. The fourth-order valence-corrected chi connectivity index (χ4v) is 2.63. The second-order valence-corrected chi connectivity index (χ2v) is 5.61. The molecule has 4 N–H and O–H groups in total. The lowest BCUT2D eigenvalue weighted by Crippen LogP contribution is -2.02. The number of aromatic nitrogens is 2. The van der Waals surface area contributed by atoms with Gasteiger partial charge in [0.25, 0.3) is 0 Å². The number of rotatable bonds is 4. The summed E-state index contributed by atoms with van der Waals surface area (Å²) in [6.45, 7) is 0. The highest BCUT2D eigenvalue weighted by molar-refractivity contribution is 5.95. The summed E-state index contributed by atoms with van der Waals surface area (Å²) in [6, 6.07) is 22.4. The van der Waals surface area contributed by atoms with Gasteiger partial charge >= 0.3 is 0 Å². The Morgan fingerprint density at radius 3 is 1.92 bits per heavy atom. The van der Waals surface area contributed by atoms with Crippen molar-refractivity contribution in [3.63, 3.8) is 0 Å². The number of hydrogen-bond acceptors (Lipinski definition) is 6. The molecule has 1 aromatic heterocycles. The van der Waals surface area contributed by atoms with Crippen molar-refractivity contribution in [2.45, 2.75) is 0 Å². The van der Waals surface area contributed by atoms with E-state index < -0.39 is 0 Å². The molecular weight excluding hydrogens is 328 g/mol. The fraction of sp³-hybridized carbons (Fsp3) is 0. The van der Waals surface area contributed by atoms with Gasteiger partial charge in [-0.2, -0.15) is 4.98 Å². The Kier molecular flexibility index (Phi) is 3.99. The maximum atomic E-state index is 6.06. The summed E-state index contributed by atoms with van der Waals surface area (Å²) in [7, 11) is 0. The predicted octanol–water partition coefficient (Wildman–Crippen LogP) is 4.38. The molecule has 128 valence electrons. The van der Waals surface area contributed by atoms with Gasteiger partial charge in [0.2, 0.25) is 5.95 Å². The average molecular weight is 344 g/mol. The van der Waals surface area contributed by atoms with Crippen LogP contribution in [-0.4, -0.2) is 9.97 Å². The van der Waals surface area contributed by atoms with E-state index in [9.17, 15) is 0 Å². The van der Waals surface area contributed by atoms with Crippen LogP contribution < -0.4 is 20.9 Å². The third-order valence-electron chi connectivity index (χ3n) is 3.73. The Morgan fingerprint density at radius 1 is 0.654 bits per heavy atom. The van der Waals surface area contributed by atoms with Gasteiger partial charge in [-0.05, 0) is 24.3 Å². The van der Waals surface area contributed by atoms with E-state index in [1.54, 1.807) is 12.1 Å². The van der Waals surface area contributed by atoms with Gasteiger partial charge in [0.05, 0.1) is 10.9 Å². The van der Waals surface area contributed by atoms with E-state index in [1.165, 1.54) is 0 Å². The van der Waals surface area contributed by atoms with Gasteiger partial charge in [-0.1, -0.05) is 36.4 Å². The van der Waals surface area contributed by atoms with Crippen molar-refractivity contribution in [1.29, 1.82) is 0 Å². The van der Waals surface area contributed by atoms with Crippen molar-refractivity contribution in [3.8, 4) is 23.0 Å². The lowest BCUT2D eigenvalue weighted by Gasteiger charge is -2.13. The first-order valence-corrected chi connectivity index (χ1v) is 8.01. The molecule has 0 spiro atoms. The molecule has 0 aliphatic heterocycles. The van der Waals surface area contributed by atoms with Crippen LogP contribution in [0.15, 0.2) is 72.8 Å². The summed E-state index contributed by atoms with van der Waals surface area (Å²) in [5, 5.41) is 0.587. The second kappa shape index (κ2) is 6.60. The topological polar surface area (TPSA) is 96.3 Å². The highest BCUT2D eigenvalue weighted by Gasteiger charge is 2.14. The first-order valence-electron chi connectivity index (χ1n) is 8.01. The van der Waals surface area contributed by atoms with Crippen LogP contribution in [-0.2, 0) is 0 Å². The smallest absolute Gasteiger partial charge is 0.222 e. The molecule has 0 aliphatic rings. The highest BCUT2D eigenvalue weighted by Crippen LogP contribution is 2.37. The maximum Gasteiger partial charge on any atom is 0.222 e. The summed E-state index contributed by atoms with van der Waals surface area (Å²) in [5.41, 5.74) is 12.4. The Bertz CT molecular complexity index is 1050.